The number of hydrogen-bond donors (Lipinski definition) is 1. The van der Waals surface area contributed by atoms with Gasteiger partial charge in [-0.3, -0.25) is 4.79 Å². The molecule has 3 nitrogen and oxygen atoms in total. The van der Waals surface area contributed by atoms with Gasteiger partial charge in [0.15, 0.2) is 0 Å². The number of halogens is 1. The highest BCUT2D eigenvalue weighted by atomic mass is 79.9. The summed E-state index contributed by atoms with van der Waals surface area (Å²) in [5.41, 5.74) is 0. The molecule has 1 amide bonds. The molecule has 1 aliphatic heterocycles. The van der Waals surface area contributed by atoms with E-state index in [-0.39, 0.29) is 10.7 Å². The topological polar surface area (TPSA) is 38.3 Å². The lowest BCUT2D eigenvalue weighted by Crippen LogP contribution is -2.38. The lowest BCUT2D eigenvalue weighted by atomic mass is 9.99. The molecular weight excluding hydrogens is 270 g/mol. The van der Waals surface area contributed by atoms with Gasteiger partial charge in [0.2, 0.25) is 5.91 Å². The van der Waals surface area contributed by atoms with Crippen molar-refractivity contribution in [1.29, 1.82) is 0 Å². The lowest BCUT2D eigenvalue weighted by Gasteiger charge is -2.19. The molecular formula is C12H22BrNO2. The van der Waals surface area contributed by atoms with Gasteiger partial charge in [-0.05, 0) is 18.8 Å². The van der Waals surface area contributed by atoms with Gasteiger partial charge in [-0.2, -0.15) is 0 Å². The third-order valence-corrected chi connectivity index (χ3v) is 4.60. The second-order valence-electron chi connectivity index (χ2n) is 4.76. The average Bonchev–Trinajstić information content (AvgIpc) is 2.71. The van der Waals surface area contributed by atoms with Crippen molar-refractivity contribution in [2.45, 2.75) is 44.5 Å². The summed E-state index contributed by atoms with van der Waals surface area (Å²) >= 11 is 3.41. The Bertz CT molecular complexity index is 233. The highest BCUT2D eigenvalue weighted by Gasteiger charge is 2.28. The number of ether oxygens (including phenoxy) is 1. The summed E-state index contributed by atoms with van der Waals surface area (Å²) < 4.78 is 5.59. The van der Waals surface area contributed by atoms with Crippen LogP contribution in [0.25, 0.3) is 0 Å². The van der Waals surface area contributed by atoms with Crippen LogP contribution in [0.4, 0.5) is 0 Å². The van der Waals surface area contributed by atoms with Crippen molar-refractivity contribution in [3.63, 3.8) is 0 Å². The predicted molar refractivity (Wildman–Crippen MR) is 68.7 cm³/mol. The zero-order chi connectivity index (χ0) is 12.1. The van der Waals surface area contributed by atoms with Crippen molar-refractivity contribution in [2.75, 3.05) is 13.2 Å². The molecule has 1 N–H and O–H groups in total. The fourth-order valence-corrected chi connectivity index (χ4v) is 2.17. The van der Waals surface area contributed by atoms with E-state index in [2.05, 4.69) is 28.2 Å². The molecule has 0 spiro atoms. The van der Waals surface area contributed by atoms with Crippen molar-refractivity contribution >= 4 is 21.8 Å². The average molecular weight is 292 g/mol. The fourth-order valence-electron chi connectivity index (χ4n) is 2.01. The van der Waals surface area contributed by atoms with Crippen LogP contribution in [-0.4, -0.2) is 30.0 Å². The third-order valence-electron chi connectivity index (χ3n) is 3.12. The minimum absolute atomic E-state index is 0.0881. The standard InChI is InChI=1S/C12H22BrNO2/c1-4-10-9(5-6-16-10)7-14-12(15)11(13)8(2)3/h8-11H,4-7H2,1-3H3,(H,14,15). The van der Waals surface area contributed by atoms with Crippen LogP contribution in [0, 0.1) is 11.8 Å². The second-order valence-corrected chi connectivity index (χ2v) is 5.74. The van der Waals surface area contributed by atoms with Gasteiger partial charge in [0.1, 0.15) is 0 Å². The Balaban J connectivity index is 2.31. The molecule has 0 bridgehead atoms. The van der Waals surface area contributed by atoms with Crippen molar-refractivity contribution < 1.29 is 9.53 Å². The van der Waals surface area contributed by atoms with Crippen molar-refractivity contribution in [3.05, 3.63) is 0 Å². The Kier molecular flexibility index (Phi) is 5.76. The summed E-state index contributed by atoms with van der Waals surface area (Å²) in [6, 6.07) is 0. The van der Waals surface area contributed by atoms with Gasteiger partial charge >= 0.3 is 0 Å². The van der Waals surface area contributed by atoms with Crippen molar-refractivity contribution in [1.82, 2.24) is 5.32 Å². The zero-order valence-electron chi connectivity index (χ0n) is 10.3. The summed E-state index contributed by atoms with van der Waals surface area (Å²) in [6.07, 6.45) is 2.42. The van der Waals surface area contributed by atoms with Gasteiger partial charge < -0.3 is 10.1 Å². The van der Waals surface area contributed by atoms with Crippen LogP contribution in [0.1, 0.15) is 33.6 Å². The Hall–Kier alpha value is -0.0900. The number of rotatable bonds is 5. The van der Waals surface area contributed by atoms with Gasteiger partial charge in [-0.25, -0.2) is 0 Å². The Labute approximate surface area is 106 Å². The van der Waals surface area contributed by atoms with Crippen molar-refractivity contribution in [2.24, 2.45) is 11.8 Å². The molecule has 0 aromatic heterocycles. The number of nitrogens with one attached hydrogen (secondary N) is 1. The van der Waals surface area contributed by atoms with Gasteiger partial charge in [0.25, 0.3) is 0 Å². The molecule has 1 saturated heterocycles. The molecule has 0 radical (unpaired) electrons. The minimum Gasteiger partial charge on any atom is -0.378 e. The maximum atomic E-state index is 11.7. The van der Waals surface area contributed by atoms with E-state index in [4.69, 9.17) is 4.74 Å². The third kappa shape index (κ3) is 3.74. The first-order valence-electron chi connectivity index (χ1n) is 6.09. The lowest BCUT2D eigenvalue weighted by molar-refractivity contribution is -0.121. The summed E-state index contributed by atoms with van der Waals surface area (Å²) in [5, 5.41) is 3.00. The largest absolute Gasteiger partial charge is 0.378 e. The molecule has 3 unspecified atom stereocenters. The Morgan fingerprint density at radius 1 is 1.56 bits per heavy atom. The van der Waals surface area contributed by atoms with Crippen molar-refractivity contribution in [3.8, 4) is 0 Å². The van der Waals surface area contributed by atoms with Crippen LogP contribution in [0.15, 0.2) is 0 Å². The normalized spacial score (nSPS) is 27.1. The summed E-state index contributed by atoms with van der Waals surface area (Å²) in [5.74, 6) is 0.902. The Morgan fingerprint density at radius 2 is 2.25 bits per heavy atom. The minimum atomic E-state index is -0.0881. The maximum absolute atomic E-state index is 11.7. The molecule has 4 heteroatoms. The number of carbonyl (C=O) groups excluding carboxylic acids is 1. The smallest absolute Gasteiger partial charge is 0.234 e. The van der Waals surface area contributed by atoms with Crippen LogP contribution < -0.4 is 5.32 Å². The van der Waals surface area contributed by atoms with E-state index in [1.165, 1.54) is 0 Å². The van der Waals surface area contributed by atoms with Crippen LogP contribution in [-0.2, 0) is 9.53 Å². The molecule has 0 aliphatic carbocycles. The van der Waals surface area contributed by atoms with E-state index in [1.807, 2.05) is 13.8 Å². The van der Waals surface area contributed by atoms with E-state index in [0.717, 1.165) is 26.0 Å². The number of amides is 1. The van der Waals surface area contributed by atoms with E-state index >= 15 is 0 Å². The fraction of sp³-hybridized carbons (Fsp3) is 0.917. The van der Waals surface area contributed by atoms with E-state index in [9.17, 15) is 4.79 Å². The molecule has 94 valence electrons. The molecule has 1 heterocycles. The molecule has 3 atom stereocenters. The summed E-state index contributed by atoms with van der Waals surface area (Å²) in [7, 11) is 0. The van der Waals surface area contributed by atoms with E-state index in [1.54, 1.807) is 0 Å². The van der Waals surface area contributed by atoms with Crippen LogP contribution >= 0.6 is 15.9 Å². The highest BCUT2D eigenvalue weighted by molar-refractivity contribution is 9.10. The first kappa shape index (κ1) is 14.0. The zero-order valence-corrected chi connectivity index (χ0v) is 11.9. The second kappa shape index (κ2) is 6.60. The maximum Gasteiger partial charge on any atom is 0.234 e. The van der Waals surface area contributed by atoms with E-state index < -0.39 is 0 Å². The van der Waals surface area contributed by atoms with E-state index in [0.29, 0.717) is 17.9 Å². The molecule has 16 heavy (non-hydrogen) atoms. The Morgan fingerprint density at radius 3 is 2.81 bits per heavy atom. The molecule has 0 aromatic rings. The predicted octanol–water partition coefficient (Wildman–Crippen LogP) is 2.34. The first-order valence-corrected chi connectivity index (χ1v) is 7.01. The van der Waals surface area contributed by atoms with Gasteiger partial charge in [-0.15, -0.1) is 0 Å². The number of carbonyl (C=O) groups is 1. The molecule has 0 aromatic carbocycles. The molecule has 1 aliphatic rings. The quantitative estimate of drug-likeness (QED) is 0.790. The summed E-state index contributed by atoms with van der Waals surface area (Å²) in [6.45, 7) is 7.78. The van der Waals surface area contributed by atoms with Crippen LogP contribution in [0.3, 0.4) is 0 Å². The number of alkyl halides is 1. The van der Waals surface area contributed by atoms with Crippen LogP contribution in [0.2, 0.25) is 0 Å². The van der Waals surface area contributed by atoms with Gasteiger partial charge in [0.05, 0.1) is 10.9 Å². The molecule has 0 saturated carbocycles. The SMILES string of the molecule is CCC1OCCC1CNC(=O)C(Br)C(C)C. The van der Waals surface area contributed by atoms with Gasteiger partial charge in [-0.1, -0.05) is 36.7 Å². The summed E-state index contributed by atoms with van der Waals surface area (Å²) in [4.78, 5) is 11.6. The first-order chi connectivity index (χ1) is 7.56. The highest BCUT2D eigenvalue weighted by Crippen LogP contribution is 2.22. The van der Waals surface area contributed by atoms with Crippen LogP contribution in [0.5, 0.6) is 0 Å². The van der Waals surface area contributed by atoms with Gasteiger partial charge in [0, 0.05) is 19.1 Å². The number of hydrogen-bond acceptors (Lipinski definition) is 2. The molecule has 1 fully saturated rings. The molecule has 1 rings (SSSR count). The monoisotopic (exact) mass is 291 g/mol.